The summed E-state index contributed by atoms with van der Waals surface area (Å²) in [6.45, 7) is 0.952. The zero-order valence-electron chi connectivity index (χ0n) is 16.9. The normalized spacial score (nSPS) is 11.7. The number of aliphatic hydroxyl groups is 1. The number of nitrogens with two attached hydrogens (primary N) is 1. The van der Waals surface area contributed by atoms with Crippen molar-refractivity contribution in [2.75, 3.05) is 31.6 Å². The molecule has 3 aromatic rings. The number of aromatic nitrogens is 2. The van der Waals surface area contributed by atoms with Gasteiger partial charge in [0.1, 0.15) is 0 Å². The smallest absolute Gasteiger partial charge is 0.408 e. The Morgan fingerprint density at radius 2 is 2.07 bits per heavy atom. The Bertz CT molecular complexity index is 931. The van der Waals surface area contributed by atoms with Gasteiger partial charge in [0.05, 0.1) is 11.9 Å². The van der Waals surface area contributed by atoms with Gasteiger partial charge in [0.15, 0.2) is 5.75 Å². The average molecular weight is 409 g/mol. The highest BCUT2D eigenvalue weighted by Crippen LogP contribution is 2.33. The summed E-state index contributed by atoms with van der Waals surface area (Å²) in [7, 11) is 1.89. The fourth-order valence-electron chi connectivity index (χ4n) is 3.07. The van der Waals surface area contributed by atoms with Crippen LogP contribution in [-0.4, -0.2) is 48.1 Å². The first-order valence-electron chi connectivity index (χ1n) is 9.80. The molecule has 0 saturated carbocycles. The summed E-state index contributed by atoms with van der Waals surface area (Å²) in [4.78, 5) is 14.3. The van der Waals surface area contributed by atoms with Gasteiger partial charge in [-0.05, 0) is 29.7 Å². The SMILES string of the molecule is CN(CCCO)c1cc(-c2cn[nH]c2)ccc1OC(=O)NCC(N)c1ccccc1. The molecule has 0 aliphatic heterocycles. The van der Waals surface area contributed by atoms with Crippen LogP contribution < -0.4 is 20.7 Å². The number of aliphatic hydroxyl groups excluding tert-OH is 1. The summed E-state index contributed by atoms with van der Waals surface area (Å²) < 4.78 is 5.57. The van der Waals surface area contributed by atoms with Crippen molar-refractivity contribution in [3.63, 3.8) is 0 Å². The number of nitrogens with zero attached hydrogens (tertiary/aromatic N) is 2. The molecule has 0 fully saturated rings. The minimum atomic E-state index is -0.575. The minimum absolute atomic E-state index is 0.0831. The molecule has 1 heterocycles. The quantitative estimate of drug-likeness (QED) is 0.432. The van der Waals surface area contributed by atoms with E-state index in [0.717, 1.165) is 22.4 Å². The second kappa shape index (κ2) is 10.4. The number of ether oxygens (including phenoxy) is 1. The van der Waals surface area contributed by atoms with Crippen molar-refractivity contribution in [2.24, 2.45) is 5.73 Å². The lowest BCUT2D eigenvalue weighted by molar-refractivity contribution is 0.200. The Labute approximate surface area is 175 Å². The molecule has 3 rings (SSSR count). The number of rotatable bonds is 9. The molecule has 1 atom stereocenters. The first-order chi connectivity index (χ1) is 14.6. The fraction of sp³-hybridized carbons (Fsp3) is 0.273. The number of carbonyl (C=O) groups excluding carboxylic acids is 1. The number of nitrogens with one attached hydrogen (secondary N) is 2. The number of benzene rings is 2. The van der Waals surface area contributed by atoms with E-state index in [1.165, 1.54) is 0 Å². The molecule has 0 saturated heterocycles. The van der Waals surface area contributed by atoms with Crippen molar-refractivity contribution >= 4 is 11.8 Å². The minimum Gasteiger partial charge on any atom is -0.408 e. The number of hydrogen-bond donors (Lipinski definition) is 4. The second-order valence-corrected chi connectivity index (χ2v) is 6.96. The number of aromatic amines is 1. The van der Waals surface area contributed by atoms with Crippen LogP contribution in [0.15, 0.2) is 60.9 Å². The van der Waals surface area contributed by atoms with Crippen molar-refractivity contribution in [1.82, 2.24) is 15.5 Å². The Balaban J connectivity index is 1.71. The van der Waals surface area contributed by atoms with Crippen molar-refractivity contribution < 1.29 is 14.6 Å². The van der Waals surface area contributed by atoms with Crippen LogP contribution in [0.25, 0.3) is 11.1 Å². The van der Waals surface area contributed by atoms with Gasteiger partial charge in [0.25, 0.3) is 0 Å². The van der Waals surface area contributed by atoms with Gasteiger partial charge in [-0.3, -0.25) is 5.10 Å². The molecule has 5 N–H and O–H groups in total. The van der Waals surface area contributed by atoms with E-state index in [4.69, 9.17) is 15.6 Å². The lowest BCUT2D eigenvalue weighted by Gasteiger charge is -2.22. The molecule has 158 valence electrons. The second-order valence-electron chi connectivity index (χ2n) is 6.96. The van der Waals surface area contributed by atoms with Gasteiger partial charge in [-0.1, -0.05) is 36.4 Å². The van der Waals surface area contributed by atoms with Crippen LogP contribution in [0.1, 0.15) is 18.0 Å². The van der Waals surface area contributed by atoms with Gasteiger partial charge < -0.3 is 25.8 Å². The summed E-state index contributed by atoms with van der Waals surface area (Å²) in [6, 6.07) is 14.8. The number of H-pyrrole nitrogens is 1. The first-order valence-corrected chi connectivity index (χ1v) is 9.80. The molecule has 1 amide bonds. The Kier molecular flexibility index (Phi) is 7.42. The standard InChI is InChI=1S/C22H27N5O3/c1-27(10-5-11-28)20-12-17(18-13-25-26-14-18)8-9-21(20)30-22(29)24-15-19(23)16-6-3-2-4-7-16/h2-4,6-9,12-14,19,28H,5,10-11,15,23H2,1H3,(H,24,29)(H,25,26). The Morgan fingerprint density at radius 1 is 1.27 bits per heavy atom. The van der Waals surface area contributed by atoms with Gasteiger partial charge in [-0.25, -0.2) is 4.79 Å². The van der Waals surface area contributed by atoms with Crippen LogP contribution in [0.5, 0.6) is 5.75 Å². The predicted octanol–water partition coefficient (Wildman–Crippen LogP) is 2.68. The maximum absolute atomic E-state index is 12.4. The van der Waals surface area contributed by atoms with Crippen LogP contribution in [0, 0.1) is 0 Å². The third kappa shape index (κ3) is 5.59. The third-order valence-electron chi connectivity index (χ3n) is 4.75. The van der Waals surface area contributed by atoms with Crippen molar-refractivity contribution in [3.05, 3.63) is 66.5 Å². The van der Waals surface area contributed by atoms with Crippen LogP contribution >= 0.6 is 0 Å². The molecule has 0 aliphatic carbocycles. The largest absolute Gasteiger partial charge is 0.412 e. The fourth-order valence-corrected chi connectivity index (χ4v) is 3.07. The van der Waals surface area contributed by atoms with E-state index in [1.807, 2.05) is 54.4 Å². The molecule has 30 heavy (non-hydrogen) atoms. The summed E-state index contributed by atoms with van der Waals surface area (Å²) >= 11 is 0. The zero-order valence-corrected chi connectivity index (χ0v) is 16.9. The van der Waals surface area contributed by atoms with Gasteiger partial charge in [-0.2, -0.15) is 5.10 Å². The Morgan fingerprint density at radius 3 is 2.77 bits per heavy atom. The van der Waals surface area contributed by atoms with Crippen LogP contribution in [-0.2, 0) is 0 Å². The third-order valence-corrected chi connectivity index (χ3v) is 4.75. The van der Waals surface area contributed by atoms with E-state index < -0.39 is 6.09 Å². The number of hydrogen-bond acceptors (Lipinski definition) is 6. The van der Waals surface area contributed by atoms with E-state index in [1.54, 1.807) is 18.5 Å². The topological polar surface area (TPSA) is 116 Å². The molecule has 1 unspecified atom stereocenters. The lowest BCUT2D eigenvalue weighted by Crippen LogP contribution is -2.34. The Hall–Kier alpha value is -3.36. The molecule has 1 aromatic heterocycles. The molecule has 2 aromatic carbocycles. The van der Waals surface area contributed by atoms with Crippen molar-refractivity contribution in [2.45, 2.75) is 12.5 Å². The molecule has 0 spiro atoms. The van der Waals surface area contributed by atoms with E-state index in [0.29, 0.717) is 18.7 Å². The monoisotopic (exact) mass is 409 g/mol. The molecule has 8 heteroatoms. The number of carbonyl (C=O) groups is 1. The summed E-state index contributed by atoms with van der Waals surface area (Å²) in [5, 5.41) is 18.6. The summed E-state index contributed by atoms with van der Waals surface area (Å²) in [6.07, 6.45) is 3.55. The molecular formula is C22H27N5O3. The zero-order chi connectivity index (χ0) is 21.3. The van der Waals surface area contributed by atoms with Crippen molar-refractivity contribution in [1.29, 1.82) is 0 Å². The van der Waals surface area contributed by atoms with Crippen LogP contribution in [0.3, 0.4) is 0 Å². The molecular weight excluding hydrogens is 382 g/mol. The number of anilines is 1. The van der Waals surface area contributed by atoms with Gasteiger partial charge >= 0.3 is 6.09 Å². The summed E-state index contributed by atoms with van der Waals surface area (Å²) in [5.41, 5.74) is 9.68. The highest BCUT2D eigenvalue weighted by atomic mass is 16.6. The van der Waals surface area contributed by atoms with Crippen molar-refractivity contribution in [3.8, 4) is 16.9 Å². The highest BCUT2D eigenvalue weighted by Gasteiger charge is 2.15. The number of amides is 1. The summed E-state index contributed by atoms with van der Waals surface area (Å²) in [5.74, 6) is 0.425. The van der Waals surface area contributed by atoms with Gasteiger partial charge in [0.2, 0.25) is 0 Å². The van der Waals surface area contributed by atoms with Gasteiger partial charge in [-0.15, -0.1) is 0 Å². The first kappa shape index (κ1) is 21.4. The molecule has 0 bridgehead atoms. The van der Waals surface area contributed by atoms with E-state index in [9.17, 15) is 4.79 Å². The van der Waals surface area contributed by atoms with Gasteiger partial charge in [0, 0.05) is 44.5 Å². The lowest BCUT2D eigenvalue weighted by atomic mass is 10.1. The van der Waals surface area contributed by atoms with E-state index in [-0.39, 0.29) is 19.2 Å². The van der Waals surface area contributed by atoms with Crippen LogP contribution in [0.2, 0.25) is 0 Å². The maximum atomic E-state index is 12.4. The van der Waals surface area contributed by atoms with E-state index in [2.05, 4.69) is 15.5 Å². The van der Waals surface area contributed by atoms with E-state index >= 15 is 0 Å². The van der Waals surface area contributed by atoms with Crippen LogP contribution in [0.4, 0.5) is 10.5 Å². The molecule has 8 nitrogen and oxygen atoms in total. The molecule has 0 aliphatic rings. The average Bonchev–Trinajstić information content (AvgIpc) is 3.31. The predicted molar refractivity (Wildman–Crippen MR) is 116 cm³/mol. The maximum Gasteiger partial charge on any atom is 0.412 e. The molecule has 0 radical (unpaired) electrons. The highest BCUT2D eigenvalue weighted by molar-refractivity contribution is 5.77.